The van der Waals surface area contributed by atoms with Crippen molar-refractivity contribution in [3.8, 4) is 0 Å². The van der Waals surface area contributed by atoms with Gasteiger partial charge in [0.2, 0.25) is 0 Å². The summed E-state index contributed by atoms with van der Waals surface area (Å²) in [5.74, 6) is 0.412. The molecule has 0 unspecified atom stereocenters. The molecule has 3 aromatic carbocycles. The van der Waals surface area contributed by atoms with Gasteiger partial charge < -0.3 is 23.7 Å². The average molecular weight is 537 g/mol. The summed E-state index contributed by atoms with van der Waals surface area (Å²) in [6.45, 7) is 4.96. The maximum atomic E-state index is 12.2. The lowest BCUT2D eigenvalue weighted by molar-refractivity contribution is -0.249. The Morgan fingerprint density at radius 3 is 1.74 bits per heavy atom. The molecule has 0 bridgehead atoms. The lowest BCUT2D eigenvalue weighted by Crippen LogP contribution is -2.60. The molecule has 38 heavy (non-hydrogen) atoms. The van der Waals surface area contributed by atoms with Crippen LogP contribution in [0.25, 0.3) is 0 Å². The quantitative estimate of drug-likeness (QED) is 0.257. The van der Waals surface area contributed by atoms with E-state index >= 15 is 0 Å². The van der Waals surface area contributed by atoms with Gasteiger partial charge in [-0.15, -0.1) is 11.8 Å². The smallest absolute Gasteiger partial charge is 0.303 e. The van der Waals surface area contributed by atoms with Crippen molar-refractivity contribution in [3.05, 3.63) is 108 Å². The van der Waals surface area contributed by atoms with Gasteiger partial charge in [0.05, 0.1) is 26.4 Å². The number of carbonyl (C=O) groups excluding carboxylic acids is 1. The number of hydrogen-bond donors (Lipinski definition) is 0. The molecule has 0 aromatic heterocycles. The first-order valence-electron chi connectivity index (χ1n) is 13.0. The summed E-state index contributed by atoms with van der Waals surface area (Å²) >= 11 is 1.59. The minimum Gasteiger partial charge on any atom is -0.456 e. The summed E-state index contributed by atoms with van der Waals surface area (Å²) in [5.41, 5.74) is 2.73. The van der Waals surface area contributed by atoms with E-state index in [-0.39, 0.29) is 5.97 Å². The van der Waals surface area contributed by atoms with Crippen molar-refractivity contribution in [2.75, 3.05) is 12.4 Å². The van der Waals surface area contributed by atoms with E-state index in [1.54, 1.807) is 11.8 Å². The molecule has 1 aliphatic rings. The number of benzene rings is 3. The van der Waals surface area contributed by atoms with E-state index in [1.807, 2.05) is 91.0 Å². The predicted octanol–water partition coefficient (Wildman–Crippen LogP) is 5.78. The van der Waals surface area contributed by atoms with E-state index in [0.717, 1.165) is 22.4 Å². The van der Waals surface area contributed by atoms with E-state index in [4.69, 9.17) is 23.7 Å². The maximum absolute atomic E-state index is 12.2. The van der Waals surface area contributed by atoms with Crippen LogP contribution in [0.1, 0.15) is 30.5 Å². The highest BCUT2D eigenvalue weighted by molar-refractivity contribution is 7.99. The van der Waals surface area contributed by atoms with Crippen LogP contribution in [0.5, 0.6) is 0 Å². The second-order valence-corrected chi connectivity index (χ2v) is 10.5. The van der Waals surface area contributed by atoms with Gasteiger partial charge in [0.25, 0.3) is 0 Å². The Balaban J connectivity index is 1.58. The van der Waals surface area contributed by atoms with E-state index < -0.39 is 29.9 Å². The van der Waals surface area contributed by atoms with Crippen molar-refractivity contribution in [1.29, 1.82) is 0 Å². The highest BCUT2D eigenvalue weighted by atomic mass is 32.2. The standard InChI is InChI=1S/C31H36O6S/c1-3-38-31-30(36-23(2)32)29(35-21-26-17-11-6-12-18-26)28(34-20-25-15-9-5-10-16-25)27(37-31)22-33-19-24-13-7-4-8-14-24/h4-18,27-31H,3,19-22H2,1-2H3/t27-,28-,29+,30+,31-/m1/s1. The van der Waals surface area contributed by atoms with Crippen molar-refractivity contribution in [1.82, 2.24) is 0 Å². The SMILES string of the molecule is CCS[C@H]1O[C@H](COCc2ccccc2)[C@@H](OCc2ccccc2)[C@H](OCc2ccccc2)[C@@H]1OC(C)=O. The van der Waals surface area contributed by atoms with Gasteiger partial charge in [0, 0.05) is 6.92 Å². The van der Waals surface area contributed by atoms with Crippen LogP contribution >= 0.6 is 11.8 Å². The maximum Gasteiger partial charge on any atom is 0.303 e. The molecule has 0 spiro atoms. The Hall–Kier alpha value is -2.68. The van der Waals surface area contributed by atoms with Crippen LogP contribution in [0.15, 0.2) is 91.0 Å². The largest absolute Gasteiger partial charge is 0.456 e. The minimum atomic E-state index is -0.632. The lowest BCUT2D eigenvalue weighted by Gasteiger charge is -2.45. The summed E-state index contributed by atoms with van der Waals surface area (Å²) in [6.07, 6.45) is -2.12. The zero-order chi connectivity index (χ0) is 26.6. The normalized spacial score (nSPS) is 23.2. The second kappa shape index (κ2) is 15.0. The van der Waals surface area contributed by atoms with Crippen molar-refractivity contribution >= 4 is 17.7 Å². The molecule has 0 saturated carbocycles. The number of ether oxygens (including phenoxy) is 5. The summed E-state index contributed by atoms with van der Waals surface area (Å²) in [7, 11) is 0. The molecule has 7 heteroatoms. The van der Waals surface area contributed by atoms with Crippen molar-refractivity contribution < 1.29 is 28.5 Å². The second-order valence-electron chi connectivity index (χ2n) is 9.10. The molecule has 5 atom stereocenters. The molecule has 4 rings (SSSR count). The number of thioether (sulfide) groups is 1. The van der Waals surface area contributed by atoms with Crippen LogP contribution in [0, 0.1) is 0 Å². The Kier molecular flexibility index (Phi) is 11.2. The van der Waals surface area contributed by atoms with E-state index in [9.17, 15) is 4.79 Å². The molecule has 0 aliphatic carbocycles. The predicted molar refractivity (Wildman–Crippen MR) is 148 cm³/mol. The van der Waals surface area contributed by atoms with Crippen LogP contribution < -0.4 is 0 Å². The molecule has 6 nitrogen and oxygen atoms in total. The summed E-state index contributed by atoms with van der Waals surface area (Å²) < 4.78 is 31.5. The van der Waals surface area contributed by atoms with Crippen LogP contribution in [-0.4, -0.2) is 48.2 Å². The number of carbonyl (C=O) groups is 1. The molecule has 3 aromatic rings. The number of rotatable bonds is 13. The van der Waals surface area contributed by atoms with Crippen molar-refractivity contribution in [2.45, 2.75) is 63.5 Å². The molecule has 1 aliphatic heterocycles. The molecule has 0 amide bonds. The first-order valence-corrected chi connectivity index (χ1v) is 14.1. The van der Waals surface area contributed by atoms with Crippen LogP contribution in [0.4, 0.5) is 0 Å². The zero-order valence-corrected chi connectivity index (χ0v) is 22.8. The number of esters is 1. The molecular weight excluding hydrogens is 500 g/mol. The van der Waals surface area contributed by atoms with Crippen molar-refractivity contribution in [2.24, 2.45) is 0 Å². The topological polar surface area (TPSA) is 63.2 Å². The fraction of sp³-hybridized carbons (Fsp3) is 0.387. The van der Waals surface area contributed by atoms with Crippen LogP contribution in [-0.2, 0) is 48.3 Å². The first-order chi connectivity index (χ1) is 18.6. The zero-order valence-electron chi connectivity index (χ0n) is 21.9. The van der Waals surface area contributed by atoms with Gasteiger partial charge in [-0.25, -0.2) is 0 Å². The summed E-state index contributed by atoms with van der Waals surface area (Å²) in [5, 5.41) is 0. The third-order valence-corrected chi connectivity index (χ3v) is 7.23. The molecule has 0 radical (unpaired) electrons. The Morgan fingerprint density at radius 1 is 0.737 bits per heavy atom. The van der Waals surface area contributed by atoms with Gasteiger partial charge >= 0.3 is 5.97 Å². The number of hydrogen-bond acceptors (Lipinski definition) is 7. The first kappa shape index (κ1) is 28.3. The van der Waals surface area contributed by atoms with Gasteiger partial charge in [-0.3, -0.25) is 4.79 Å². The van der Waals surface area contributed by atoms with Gasteiger partial charge in [0.15, 0.2) is 6.10 Å². The molecule has 202 valence electrons. The Labute approximate surface area is 229 Å². The monoisotopic (exact) mass is 536 g/mol. The molecular formula is C31H36O6S. The third kappa shape index (κ3) is 8.41. The fourth-order valence-electron chi connectivity index (χ4n) is 4.42. The third-order valence-electron chi connectivity index (χ3n) is 6.19. The Morgan fingerprint density at radius 2 is 1.24 bits per heavy atom. The summed E-state index contributed by atoms with van der Waals surface area (Å²) in [6, 6.07) is 30.0. The van der Waals surface area contributed by atoms with Gasteiger partial charge in [-0.05, 0) is 22.4 Å². The van der Waals surface area contributed by atoms with Crippen LogP contribution in [0.3, 0.4) is 0 Å². The van der Waals surface area contributed by atoms with Gasteiger partial charge in [-0.2, -0.15) is 0 Å². The van der Waals surface area contributed by atoms with E-state index in [2.05, 4.69) is 6.92 Å². The van der Waals surface area contributed by atoms with E-state index in [0.29, 0.717) is 26.4 Å². The lowest BCUT2D eigenvalue weighted by atomic mass is 9.99. The molecule has 1 fully saturated rings. The molecule has 0 N–H and O–H groups in total. The highest BCUT2D eigenvalue weighted by Gasteiger charge is 2.49. The highest BCUT2D eigenvalue weighted by Crippen LogP contribution is 2.35. The molecule has 1 saturated heterocycles. The molecule has 1 heterocycles. The fourth-order valence-corrected chi connectivity index (χ4v) is 5.37. The van der Waals surface area contributed by atoms with E-state index in [1.165, 1.54) is 6.92 Å². The van der Waals surface area contributed by atoms with Crippen molar-refractivity contribution in [3.63, 3.8) is 0 Å². The average Bonchev–Trinajstić information content (AvgIpc) is 2.94. The van der Waals surface area contributed by atoms with Crippen LogP contribution in [0.2, 0.25) is 0 Å². The van der Waals surface area contributed by atoms with Gasteiger partial charge in [0.1, 0.15) is 23.7 Å². The minimum absolute atomic E-state index is 0.313. The van der Waals surface area contributed by atoms with Gasteiger partial charge in [-0.1, -0.05) is 97.9 Å². The Bertz CT molecular complexity index is 1080. The summed E-state index contributed by atoms with van der Waals surface area (Å²) in [4.78, 5) is 12.2.